The molecular weight excluding hydrogens is 500 g/mol. The quantitative estimate of drug-likeness (QED) is 0.167. The van der Waals surface area contributed by atoms with E-state index in [1.807, 2.05) is 6.07 Å². The summed E-state index contributed by atoms with van der Waals surface area (Å²) in [4.78, 5) is 0. The average Bonchev–Trinajstić information content (AvgIpc) is 2.80. The van der Waals surface area contributed by atoms with Crippen LogP contribution in [0.1, 0.15) is 43.7 Å². The zero-order valence-corrected chi connectivity index (χ0v) is 19.8. The molecule has 0 radical (unpaired) electrons. The normalized spacial score (nSPS) is 11.9. The first kappa shape index (κ1) is 26.6. The van der Waals surface area contributed by atoms with Gasteiger partial charge in [-0.3, -0.25) is 0 Å². The van der Waals surface area contributed by atoms with E-state index in [-0.39, 0.29) is 28.6 Å². The summed E-state index contributed by atoms with van der Waals surface area (Å²) in [6, 6.07) is 10.3. The summed E-state index contributed by atoms with van der Waals surface area (Å²) in [6.45, 7) is 2.12. The number of hydrogen-bond donors (Lipinski definition) is 0. The average molecular weight is 522 g/mol. The van der Waals surface area contributed by atoms with Crippen molar-refractivity contribution in [3.05, 3.63) is 94.8 Å². The van der Waals surface area contributed by atoms with Crippen LogP contribution in [0.25, 0.3) is 33.0 Å². The minimum absolute atomic E-state index is 0.0997. The summed E-state index contributed by atoms with van der Waals surface area (Å²) < 4.78 is 112. The second-order valence-corrected chi connectivity index (χ2v) is 8.92. The van der Waals surface area contributed by atoms with E-state index in [2.05, 4.69) is 6.92 Å². The number of unbranched alkanes of at least 4 members (excludes halogenated alkanes) is 3. The maximum Gasteiger partial charge on any atom is 0.422 e. The molecule has 0 aliphatic carbocycles. The van der Waals surface area contributed by atoms with Gasteiger partial charge in [0.25, 0.3) is 0 Å². The van der Waals surface area contributed by atoms with Crippen LogP contribution >= 0.6 is 0 Å². The molecule has 194 valence electrons. The van der Waals surface area contributed by atoms with Gasteiger partial charge in [-0.1, -0.05) is 56.5 Å². The van der Waals surface area contributed by atoms with Gasteiger partial charge in [0, 0.05) is 10.9 Å². The van der Waals surface area contributed by atoms with Gasteiger partial charge in [-0.05, 0) is 59.2 Å². The molecule has 0 aliphatic heterocycles. The van der Waals surface area contributed by atoms with Crippen LogP contribution in [0.2, 0.25) is 0 Å². The Morgan fingerprint density at radius 2 is 1.27 bits per heavy atom. The Morgan fingerprint density at radius 3 is 1.86 bits per heavy atom. The second-order valence-electron chi connectivity index (χ2n) is 8.92. The van der Waals surface area contributed by atoms with Gasteiger partial charge in [0.15, 0.2) is 0 Å². The van der Waals surface area contributed by atoms with E-state index in [1.165, 1.54) is 6.07 Å². The van der Waals surface area contributed by atoms with E-state index in [1.54, 1.807) is 18.2 Å². The van der Waals surface area contributed by atoms with Gasteiger partial charge < -0.3 is 0 Å². The zero-order chi connectivity index (χ0) is 26.9. The molecule has 0 unspecified atom stereocenters. The Balaban J connectivity index is 1.70. The number of benzene rings is 4. The van der Waals surface area contributed by atoms with Gasteiger partial charge >= 0.3 is 6.18 Å². The minimum Gasteiger partial charge on any atom is -0.206 e. The topological polar surface area (TPSA) is 0 Å². The largest absolute Gasteiger partial charge is 0.422 e. The van der Waals surface area contributed by atoms with Crippen LogP contribution in [0.5, 0.6) is 0 Å². The highest BCUT2D eigenvalue weighted by molar-refractivity contribution is 5.89. The fraction of sp³-hybridized carbons (Fsp3) is 0.241. The molecule has 8 heteroatoms. The van der Waals surface area contributed by atoms with Gasteiger partial charge in [0.05, 0.1) is 5.56 Å². The summed E-state index contributed by atoms with van der Waals surface area (Å²) in [5.74, 6) is -7.33. The summed E-state index contributed by atoms with van der Waals surface area (Å²) >= 11 is 0. The molecule has 0 spiro atoms. The molecule has 0 heterocycles. The SMILES string of the molecule is CCCCCCc1ccc2c(F)c(-c3cc(F)c(-c4cc(F)c(C(F)(F)F)c(F)c4)c(F)c3)ccc2c1. The lowest BCUT2D eigenvalue weighted by Gasteiger charge is -2.14. The Morgan fingerprint density at radius 1 is 0.649 bits per heavy atom. The fourth-order valence-corrected chi connectivity index (χ4v) is 4.47. The molecule has 0 N–H and O–H groups in total. The summed E-state index contributed by atoms with van der Waals surface area (Å²) in [6.07, 6.45) is -0.107. The Hall–Kier alpha value is -3.42. The molecule has 0 amide bonds. The Bertz CT molecular complexity index is 1410. The highest BCUT2D eigenvalue weighted by atomic mass is 19.4. The van der Waals surface area contributed by atoms with E-state index >= 15 is 4.39 Å². The highest BCUT2D eigenvalue weighted by Crippen LogP contribution is 2.38. The number of rotatable bonds is 7. The Labute approximate surface area is 208 Å². The van der Waals surface area contributed by atoms with E-state index in [0.717, 1.165) is 49.8 Å². The third-order valence-electron chi connectivity index (χ3n) is 6.30. The first-order valence-electron chi connectivity index (χ1n) is 11.8. The van der Waals surface area contributed by atoms with Crippen LogP contribution in [-0.4, -0.2) is 0 Å². The highest BCUT2D eigenvalue weighted by Gasteiger charge is 2.38. The number of halogens is 8. The van der Waals surface area contributed by atoms with Crippen LogP contribution in [0, 0.1) is 29.1 Å². The lowest BCUT2D eigenvalue weighted by Crippen LogP contribution is -2.11. The number of fused-ring (bicyclic) bond motifs is 1. The first-order valence-corrected chi connectivity index (χ1v) is 11.8. The zero-order valence-electron chi connectivity index (χ0n) is 19.8. The van der Waals surface area contributed by atoms with E-state index in [9.17, 15) is 30.7 Å². The van der Waals surface area contributed by atoms with Crippen LogP contribution in [0.15, 0.2) is 54.6 Å². The van der Waals surface area contributed by atoms with Crippen molar-refractivity contribution < 1.29 is 35.1 Å². The van der Waals surface area contributed by atoms with Gasteiger partial charge in [0.2, 0.25) is 0 Å². The smallest absolute Gasteiger partial charge is 0.206 e. The summed E-state index contributed by atoms with van der Waals surface area (Å²) in [7, 11) is 0. The van der Waals surface area contributed by atoms with Gasteiger partial charge in [-0.25, -0.2) is 22.0 Å². The summed E-state index contributed by atoms with van der Waals surface area (Å²) in [5, 5.41) is 0.883. The lowest BCUT2D eigenvalue weighted by atomic mass is 9.95. The Kier molecular flexibility index (Phi) is 7.57. The molecule has 0 saturated heterocycles. The monoisotopic (exact) mass is 522 g/mol. The van der Waals surface area contributed by atoms with Gasteiger partial charge in [0.1, 0.15) is 34.6 Å². The predicted octanol–water partition coefficient (Wildman–Crippen LogP) is 10.0. The number of aryl methyl sites for hydroxylation is 1. The maximum atomic E-state index is 15.3. The molecule has 4 aromatic rings. The van der Waals surface area contributed by atoms with Crippen LogP contribution in [0.4, 0.5) is 35.1 Å². The van der Waals surface area contributed by atoms with Crippen molar-refractivity contribution in [2.45, 2.75) is 45.2 Å². The van der Waals surface area contributed by atoms with Crippen molar-refractivity contribution in [1.82, 2.24) is 0 Å². The van der Waals surface area contributed by atoms with Crippen molar-refractivity contribution in [3.8, 4) is 22.3 Å². The van der Waals surface area contributed by atoms with Crippen LogP contribution < -0.4 is 0 Å². The second kappa shape index (κ2) is 10.5. The standard InChI is InChI=1S/C29H22F8/c1-2-3-4-5-6-16-7-9-20-17(11-16)8-10-21(28(20)34)18-12-22(30)26(23(31)13-18)19-14-24(32)27(25(33)15-19)29(35,36)37/h7-15H,2-6H2,1H3. The maximum absolute atomic E-state index is 15.3. The molecule has 4 aromatic carbocycles. The first-order chi connectivity index (χ1) is 17.5. The number of alkyl halides is 3. The van der Waals surface area contributed by atoms with E-state index < -0.39 is 52.0 Å². The van der Waals surface area contributed by atoms with Crippen molar-refractivity contribution in [3.63, 3.8) is 0 Å². The molecular formula is C29H22F8. The van der Waals surface area contributed by atoms with E-state index in [4.69, 9.17) is 0 Å². The summed E-state index contributed by atoms with van der Waals surface area (Å²) in [5.41, 5.74) is -3.06. The molecule has 4 rings (SSSR count). The molecule has 37 heavy (non-hydrogen) atoms. The molecule has 0 fully saturated rings. The van der Waals surface area contributed by atoms with Gasteiger partial charge in [-0.15, -0.1) is 0 Å². The van der Waals surface area contributed by atoms with Crippen molar-refractivity contribution >= 4 is 10.8 Å². The van der Waals surface area contributed by atoms with Gasteiger partial charge in [-0.2, -0.15) is 13.2 Å². The molecule has 0 saturated carbocycles. The third kappa shape index (κ3) is 5.48. The van der Waals surface area contributed by atoms with Crippen molar-refractivity contribution in [1.29, 1.82) is 0 Å². The van der Waals surface area contributed by atoms with Crippen LogP contribution in [0.3, 0.4) is 0 Å². The molecule has 0 bridgehead atoms. The fourth-order valence-electron chi connectivity index (χ4n) is 4.47. The molecule has 0 atom stereocenters. The molecule has 0 aliphatic rings. The van der Waals surface area contributed by atoms with Crippen molar-refractivity contribution in [2.24, 2.45) is 0 Å². The number of hydrogen-bond acceptors (Lipinski definition) is 0. The predicted molar refractivity (Wildman–Crippen MR) is 127 cm³/mol. The van der Waals surface area contributed by atoms with Crippen LogP contribution in [-0.2, 0) is 12.6 Å². The van der Waals surface area contributed by atoms with E-state index in [0.29, 0.717) is 5.39 Å². The lowest BCUT2D eigenvalue weighted by molar-refractivity contribution is -0.142. The molecule has 0 aromatic heterocycles. The molecule has 0 nitrogen and oxygen atoms in total. The minimum atomic E-state index is -5.32. The van der Waals surface area contributed by atoms with Crippen molar-refractivity contribution in [2.75, 3.05) is 0 Å². The third-order valence-corrected chi connectivity index (χ3v) is 6.30.